The van der Waals surface area contributed by atoms with Crippen molar-refractivity contribution in [1.29, 1.82) is 0 Å². The Bertz CT molecular complexity index is 1040. The number of aliphatic hydroxyl groups is 1. The minimum absolute atomic E-state index is 0.140. The van der Waals surface area contributed by atoms with Gasteiger partial charge >= 0.3 is 0 Å². The van der Waals surface area contributed by atoms with E-state index >= 15 is 0 Å². The Hall–Kier alpha value is -3.39. The molecule has 0 aliphatic carbocycles. The van der Waals surface area contributed by atoms with Crippen LogP contribution in [-0.2, 0) is 0 Å². The minimum Gasteiger partial charge on any atom is -0.467 e. The summed E-state index contributed by atoms with van der Waals surface area (Å²) in [4.78, 5) is 19.3. The van der Waals surface area contributed by atoms with E-state index in [0.29, 0.717) is 16.8 Å². The standard InChI is InChI=1S/C17H15N5O3/c23-13(14-7-4-8-25-14)10-18-17-20-15-12(16(24)21-17)9-19-22(15)11-5-2-1-3-6-11/h1-9,13,23H,10H2,(H2,18,20,21,24). The molecule has 3 N–H and O–H groups in total. The van der Waals surface area contributed by atoms with Crippen LogP contribution in [0.15, 0.2) is 64.1 Å². The molecular weight excluding hydrogens is 322 g/mol. The van der Waals surface area contributed by atoms with Gasteiger partial charge in [-0.25, -0.2) is 4.68 Å². The summed E-state index contributed by atoms with van der Waals surface area (Å²) in [5, 5.41) is 17.6. The van der Waals surface area contributed by atoms with Gasteiger partial charge in [-0.05, 0) is 24.3 Å². The molecule has 8 nitrogen and oxygen atoms in total. The number of benzene rings is 1. The number of aliphatic hydroxyl groups excluding tert-OH is 1. The maximum atomic E-state index is 12.2. The quantitative estimate of drug-likeness (QED) is 0.513. The second-order valence-electron chi connectivity index (χ2n) is 5.46. The Morgan fingerprint density at radius 1 is 1.24 bits per heavy atom. The van der Waals surface area contributed by atoms with Crippen LogP contribution < -0.4 is 10.9 Å². The molecule has 1 unspecified atom stereocenters. The molecule has 0 spiro atoms. The lowest BCUT2D eigenvalue weighted by molar-refractivity contribution is 0.162. The van der Waals surface area contributed by atoms with Gasteiger partial charge in [0, 0.05) is 0 Å². The van der Waals surface area contributed by atoms with Crippen molar-refractivity contribution in [3.8, 4) is 5.69 Å². The van der Waals surface area contributed by atoms with E-state index in [1.165, 1.54) is 12.5 Å². The van der Waals surface area contributed by atoms with Gasteiger partial charge in [0.05, 0.1) is 24.7 Å². The van der Waals surface area contributed by atoms with Crippen LogP contribution in [-0.4, -0.2) is 31.4 Å². The summed E-state index contributed by atoms with van der Waals surface area (Å²) >= 11 is 0. The number of hydrogen-bond donors (Lipinski definition) is 3. The topological polar surface area (TPSA) is 109 Å². The van der Waals surface area contributed by atoms with Crippen LogP contribution in [0.4, 0.5) is 5.95 Å². The number of aromatic amines is 1. The molecule has 0 saturated heterocycles. The zero-order valence-corrected chi connectivity index (χ0v) is 13.1. The Balaban J connectivity index is 1.65. The fourth-order valence-electron chi connectivity index (χ4n) is 2.54. The van der Waals surface area contributed by atoms with E-state index in [9.17, 15) is 9.90 Å². The van der Waals surface area contributed by atoms with Crippen molar-refractivity contribution >= 4 is 17.0 Å². The van der Waals surface area contributed by atoms with Crippen LogP contribution in [0.25, 0.3) is 16.7 Å². The van der Waals surface area contributed by atoms with Crippen molar-refractivity contribution in [2.75, 3.05) is 11.9 Å². The van der Waals surface area contributed by atoms with Gasteiger partial charge in [-0.1, -0.05) is 18.2 Å². The Morgan fingerprint density at radius 2 is 2.08 bits per heavy atom. The van der Waals surface area contributed by atoms with Gasteiger partial charge in [-0.15, -0.1) is 0 Å². The zero-order chi connectivity index (χ0) is 17.2. The first-order valence-electron chi connectivity index (χ1n) is 7.71. The van der Waals surface area contributed by atoms with Crippen LogP contribution >= 0.6 is 0 Å². The van der Waals surface area contributed by atoms with Gasteiger partial charge in [-0.2, -0.15) is 10.1 Å². The number of furan rings is 1. The van der Waals surface area contributed by atoms with Gasteiger partial charge in [0.1, 0.15) is 17.3 Å². The van der Waals surface area contributed by atoms with Crippen molar-refractivity contribution in [1.82, 2.24) is 19.7 Å². The number of nitrogens with one attached hydrogen (secondary N) is 2. The Kier molecular flexibility index (Phi) is 3.79. The van der Waals surface area contributed by atoms with E-state index in [2.05, 4.69) is 20.4 Å². The number of aromatic nitrogens is 4. The number of hydrogen-bond acceptors (Lipinski definition) is 6. The van der Waals surface area contributed by atoms with Crippen molar-refractivity contribution in [2.24, 2.45) is 0 Å². The normalized spacial score (nSPS) is 12.4. The van der Waals surface area contributed by atoms with Crippen molar-refractivity contribution in [2.45, 2.75) is 6.10 Å². The van der Waals surface area contributed by atoms with Gasteiger partial charge < -0.3 is 14.8 Å². The van der Waals surface area contributed by atoms with Gasteiger partial charge in [0.25, 0.3) is 5.56 Å². The second-order valence-corrected chi connectivity index (χ2v) is 5.46. The second kappa shape index (κ2) is 6.25. The van der Waals surface area contributed by atoms with Crippen LogP contribution in [0.3, 0.4) is 0 Å². The summed E-state index contributed by atoms with van der Waals surface area (Å²) in [7, 11) is 0. The summed E-state index contributed by atoms with van der Waals surface area (Å²) < 4.78 is 6.74. The number of anilines is 1. The molecule has 126 valence electrons. The first-order chi connectivity index (χ1) is 12.2. The fourth-order valence-corrected chi connectivity index (χ4v) is 2.54. The smallest absolute Gasteiger partial charge is 0.263 e. The summed E-state index contributed by atoms with van der Waals surface area (Å²) in [6.45, 7) is 0.140. The monoisotopic (exact) mass is 337 g/mol. The van der Waals surface area contributed by atoms with E-state index in [4.69, 9.17) is 4.42 Å². The lowest BCUT2D eigenvalue weighted by atomic mass is 10.3. The average molecular weight is 337 g/mol. The van der Waals surface area contributed by atoms with E-state index < -0.39 is 6.10 Å². The molecule has 1 atom stereocenters. The highest BCUT2D eigenvalue weighted by Crippen LogP contribution is 2.16. The first-order valence-corrected chi connectivity index (χ1v) is 7.71. The van der Waals surface area contributed by atoms with E-state index in [0.717, 1.165) is 5.69 Å². The summed E-state index contributed by atoms with van der Waals surface area (Å²) in [6, 6.07) is 12.8. The maximum absolute atomic E-state index is 12.2. The number of H-pyrrole nitrogens is 1. The Labute approximate surface area is 141 Å². The molecule has 4 rings (SSSR count). The summed E-state index contributed by atoms with van der Waals surface area (Å²) in [6.07, 6.45) is 2.12. The molecule has 8 heteroatoms. The third-order valence-corrected chi connectivity index (χ3v) is 3.77. The molecule has 1 aromatic carbocycles. The van der Waals surface area contributed by atoms with Crippen LogP contribution in [0.5, 0.6) is 0 Å². The van der Waals surface area contributed by atoms with Crippen molar-refractivity contribution in [3.63, 3.8) is 0 Å². The SMILES string of the molecule is O=c1[nH]c(NCC(O)c2ccco2)nc2c1cnn2-c1ccccc1. The predicted octanol–water partition coefficient (Wildman–Crippen LogP) is 1.85. The molecule has 0 fully saturated rings. The molecule has 0 radical (unpaired) electrons. The Morgan fingerprint density at radius 3 is 2.84 bits per heavy atom. The third kappa shape index (κ3) is 2.90. The third-order valence-electron chi connectivity index (χ3n) is 3.77. The molecule has 0 aliphatic heterocycles. The minimum atomic E-state index is -0.852. The molecule has 0 amide bonds. The van der Waals surface area contributed by atoms with Crippen molar-refractivity contribution in [3.05, 3.63) is 71.0 Å². The first kappa shape index (κ1) is 15.2. The fraction of sp³-hybridized carbons (Fsp3) is 0.118. The maximum Gasteiger partial charge on any atom is 0.263 e. The number of rotatable bonds is 5. The summed E-state index contributed by atoms with van der Waals surface area (Å²) in [5.74, 6) is 0.686. The zero-order valence-electron chi connectivity index (χ0n) is 13.1. The van der Waals surface area contributed by atoms with Gasteiger partial charge in [0.15, 0.2) is 5.65 Å². The highest BCUT2D eigenvalue weighted by Gasteiger charge is 2.14. The lowest BCUT2D eigenvalue weighted by Crippen LogP contribution is -2.17. The van der Waals surface area contributed by atoms with Crippen molar-refractivity contribution < 1.29 is 9.52 Å². The highest BCUT2D eigenvalue weighted by molar-refractivity contribution is 5.76. The van der Waals surface area contributed by atoms with Crippen LogP contribution in [0, 0.1) is 0 Å². The molecular formula is C17H15N5O3. The molecule has 0 bridgehead atoms. The molecule has 3 aromatic heterocycles. The summed E-state index contributed by atoms with van der Waals surface area (Å²) in [5.41, 5.74) is 0.935. The number of para-hydroxylation sites is 1. The van der Waals surface area contributed by atoms with Crippen LogP contribution in [0.1, 0.15) is 11.9 Å². The molecule has 0 aliphatic rings. The molecule has 0 saturated carbocycles. The largest absolute Gasteiger partial charge is 0.467 e. The average Bonchev–Trinajstić information content (AvgIpc) is 3.30. The highest BCUT2D eigenvalue weighted by atomic mass is 16.4. The van der Waals surface area contributed by atoms with E-state index in [1.54, 1.807) is 16.8 Å². The molecule has 4 aromatic rings. The predicted molar refractivity (Wildman–Crippen MR) is 91.6 cm³/mol. The van der Waals surface area contributed by atoms with E-state index in [-0.39, 0.29) is 18.1 Å². The van der Waals surface area contributed by atoms with Crippen LogP contribution in [0.2, 0.25) is 0 Å². The number of fused-ring (bicyclic) bond motifs is 1. The van der Waals surface area contributed by atoms with E-state index in [1.807, 2.05) is 30.3 Å². The lowest BCUT2D eigenvalue weighted by Gasteiger charge is -2.10. The molecule has 3 heterocycles. The van der Waals surface area contributed by atoms with Gasteiger partial charge in [0.2, 0.25) is 5.95 Å². The van der Waals surface area contributed by atoms with Gasteiger partial charge in [-0.3, -0.25) is 9.78 Å². The molecule has 25 heavy (non-hydrogen) atoms. The number of nitrogens with zero attached hydrogens (tertiary/aromatic N) is 3.